The van der Waals surface area contributed by atoms with Crippen LogP contribution in [0.2, 0.25) is 0 Å². The van der Waals surface area contributed by atoms with Crippen LogP contribution in [0.15, 0.2) is 36.4 Å². The van der Waals surface area contributed by atoms with Crippen LogP contribution >= 0.6 is 0 Å². The van der Waals surface area contributed by atoms with Crippen LogP contribution in [0.1, 0.15) is 28.7 Å². The summed E-state index contributed by atoms with van der Waals surface area (Å²) in [7, 11) is 1.34. The Morgan fingerprint density at radius 1 is 1.29 bits per heavy atom. The number of ether oxygens (including phenoxy) is 2. The third kappa shape index (κ3) is 3.37. The predicted molar refractivity (Wildman–Crippen MR) is 110 cm³/mol. The number of aliphatic hydroxyl groups excluding tert-OH is 1. The summed E-state index contributed by atoms with van der Waals surface area (Å²) < 4.78 is 24.5. The number of rotatable bonds is 3. The number of likely N-dealkylation sites (tertiary alicyclic amines) is 1. The Hall–Kier alpha value is -3.23. The number of aliphatic hydroxyl groups is 1. The molecular formula is C23H21FN2O5. The molecule has 31 heavy (non-hydrogen) atoms. The molecule has 7 nitrogen and oxygen atoms in total. The van der Waals surface area contributed by atoms with Crippen molar-refractivity contribution in [1.82, 2.24) is 4.90 Å². The third-order valence-electron chi connectivity index (χ3n) is 5.98. The average molecular weight is 424 g/mol. The molecule has 2 N–H and O–H groups in total. The van der Waals surface area contributed by atoms with Crippen molar-refractivity contribution in [2.24, 2.45) is 0 Å². The van der Waals surface area contributed by atoms with E-state index in [2.05, 4.69) is 5.32 Å². The summed E-state index contributed by atoms with van der Waals surface area (Å²) >= 11 is 0. The smallest absolute Gasteiger partial charge is 0.323 e. The first kappa shape index (κ1) is 19.7. The van der Waals surface area contributed by atoms with Crippen LogP contribution < -0.4 is 5.32 Å². The monoisotopic (exact) mass is 424 g/mol. The van der Waals surface area contributed by atoms with Gasteiger partial charge < -0.3 is 19.9 Å². The largest absolute Gasteiger partial charge is 0.487 e. The van der Waals surface area contributed by atoms with Gasteiger partial charge >= 0.3 is 5.97 Å². The Balaban J connectivity index is 1.45. The minimum atomic E-state index is -0.570. The van der Waals surface area contributed by atoms with E-state index in [-0.39, 0.29) is 11.9 Å². The number of nitrogens with one attached hydrogen (secondary N) is 1. The summed E-state index contributed by atoms with van der Waals surface area (Å²) in [5, 5.41) is 12.7. The SMILES string of the molecule is COC(=O)C1CC(O)CN1Cc1ccc2c(c1)CO/C2=C1/C(=O)Nc2ccc(F)cc21. The van der Waals surface area contributed by atoms with Crippen LogP contribution in [-0.4, -0.2) is 47.7 Å². The molecule has 0 spiro atoms. The third-order valence-corrected chi connectivity index (χ3v) is 5.98. The van der Waals surface area contributed by atoms with E-state index in [1.54, 1.807) is 0 Å². The van der Waals surface area contributed by atoms with E-state index >= 15 is 0 Å². The maximum Gasteiger partial charge on any atom is 0.323 e. The lowest BCUT2D eigenvalue weighted by molar-refractivity contribution is -0.146. The van der Waals surface area contributed by atoms with Crippen molar-refractivity contribution in [3.8, 4) is 0 Å². The fourth-order valence-electron chi connectivity index (χ4n) is 4.56. The normalized spacial score (nSPS) is 24.5. The Morgan fingerprint density at radius 2 is 2.13 bits per heavy atom. The molecule has 0 aromatic heterocycles. The highest BCUT2D eigenvalue weighted by Gasteiger charge is 2.37. The number of anilines is 1. The standard InChI is InChI=1S/C23H21FN2O5/c1-30-23(29)19-8-15(27)10-26(19)9-12-2-4-16-13(6-12)11-31-21(16)20-17-7-14(24)3-5-18(17)25-22(20)28/h2-7,15,19,27H,8-11H2,1H3,(H,25,28)/b21-20+. The van der Waals surface area contributed by atoms with Gasteiger partial charge in [0.25, 0.3) is 5.91 Å². The van der Waals surface area contributed by atoms with Crippen LogP contribution in [0.3, 0.4) is 0 Å². The highest BCUT2D eigenvalue weighted by molar-refractivity contribution is 6.36. The molecule has 2 aromatic carbocycles. The quantitative estimate of drug-likeness (QED) is 0.581. The molecule has 0 saturated carbocycles. The molecule has 160 valence electrons. The Bertz CT molecular complexity index is 1130. The number of carbonyl (C=O) groups excluding carboxylic acids is 2. The summed E-state index contributed by atoms with van der Waals surface area (Å²) in [5.74, 6) is -0.659. The van der Waals surface area contributed by atoms with E-state index in [1.165, 1.54) is 25.3 Å². The molecule has 5 rings (SSSR count). The van der Waals surface area contributed by atoms with Crippen LogP contribution in [-0.2, 0) is 32.2 Å². The fourth-order valence-corrected chi connectivity index (χ4v) is 4.56. The van der Waals surface area contributed by atoms with Gasteiger partial charge in [-0.3, -0.25) is 14.5 Å². The molecular weight excluding hydrogens is 403 g/mol. The van der Waals surface area contributed by atoms with Crippen molar-refractivity contribution >= 4 is 28.9 Å². The van der Waals surface area contributed by atoms with Crippen LogP contribution in [0.4, 0.5) is 10.1 Å². The molecule has 0 bridgehead atoms. The van der Waals surface area contributed by atoms with Crippen molar-refractivity contribution in [3.05, 3.63) is 64.5 Å². The maximum absolute atomic E-state index is 13.8. The second-order valence-corrected chi connectivity index (χ2v) is 7.99. The molecule has 3 aliphatic rings. The topological polar surface area (TPSA) is 88.1 Å². The van der Waals surface area contributed by atoms with E-state index in [0.717, 1.165) is 16.7 Å². The minimum Gasteiger partial charge on any atom is -0.487 e. The first-order valence-electron chi connectivity index (χ1n) is 10.0. The summed E-state index contributed by atoms with van der Waals surface area (Å²) in [6, 6.07) is 9.46. The number of benzene rings is 2. The van der Waals surface area contributed by atoms with E-state index in [4.69, 9.17) is 9.47 Å². The molecule has 2 atom stereocenters. The molecule has 0 radical (unpaired) electrons. The number of nitrogens with zero attached hydrogens (tertiary/aromatic N) is 1. The van der Waals surface area contributed by atoms with E-state index in [0.29, 0.717) is 48.7 Å². The van der Waals surface area contributed by atoms with Gasteiger partial charge in [-0.2, -0.15) is 0 Å². The molecule has 1 fully saturated rings. The fraction of sp³-hybridized carbons (Fsp3) is 0.304. The molecule has 3 heterocycles. The van der Waals surface area contributed by atoms with E-state index in [1.807, 2.05) is 23.1 Å². The molecule has 1 saturated heterocycles. The predicted octanol–water partition coefficient (Wildman–Crippen LogP) is 2.28. The first-order valence-corrected chi connectivity index (χ1v) is 10.0. The molecule has 2 unspecified atom stereocenters. The van der Waals surface area contributed by atoms with Gasteiger partial charge in [0.2, 0.25) is 0 Å². The van der Waals surface area contributed by atoms with Crippen molar-refractivity contribution in [3.63, 3.8) is 0 Å². The first-order chi connectivity index (χ1) is 14.9. The highest BCUT2D eigenvalue weighted by atomic mass is 19.1. The van der Waals surface area contributed by atoms with Crippen LogP contribution in [0.25, 0.3) is 11.3 Å². The number of hydrogen-bond donors (Lipinski definition) is 2. The number of methoxy groups -OCH3 is 1. The van der Waals surface area contributed by atoms with Crippen molar-refractivity contribution < 1.29 is 28.6 Å². The minimum absolute atomic E-state index is 0.295. The summed E-state index contributed by atoms with van der Waals surface area (Å²) in [6.45, 7) is 1.17. The number of fused-ring (bicyclic) bond motifs is 2. The highest BCUT2D eigenvalue weighted by Crippen LogP contribution is 2.42. The maximum atomic E-state index is 13.8. The second kappa shape index (κ2) is 7.47. The lowest BCUT2D eigenvalue weighted by Crippen LogP contribution is -2.36. The number of hydrogen-bond acceptors (Lipinski definition) is 6. The van der Waals surface area contributed by atoms with Gasteiger partial charge in [-0.15, -0.1) is 0 Å². The average Bonchev–Trinajstić information content (AvgIpc) is 3.41. The lowest BCUT2D eigenvalue weighted by atomic mass is 9.99. The van der Waals surface area contributed by atoms with Crippen molar-refractivity contribution in [2.75, 3.05) is 19.0 Å². The molecule has 1 amide bonds. The lowest BCUT2D eigenvalue weighted by Gasteiger charge is -2.22. The van der Waals surface area contributed by atoms with Crippen molar-refractivity contribution in [1.29, 1.82) is 0 Å². The molecule has 0 aliphatic carbocycles. The second-order valence-electron chi connectivity index (χ2n) is 7.99. The van der Waals surface area contributed by atoms with E-state index < -0.39 is 18.0 Å². The van der Waals surface area contributed by atoms with Crippen LogP contribution in [0.5, 0.6) is 0 Å². The molecule has 8 heteroatoms. The summed E-state index contributed by atoms with van der Waals surface area (Å²) in [6.07, 6.45) is -0.221. The van der Waals surface area contributed by atoms with Gasteiger partial charge in [0.05, 0.1) is 18.8 Å². The number of halogens is 1. The zero-order valence-electron chi connectivity index (χ0n) is 16.9. The van der Waals surface area contributed by atoms with Crippen LogP contribution in [0, 0.1) is 5.82 Å². The van der Waals surface area contributed by atoms with Gasteiger partial charge in [-0.1, -0.05) is 18.2 Å². The number of esters is 1. The Morgan fingerprint density at radius 3 is 2.94 bits per heavy atom. The number of carbonyl (C=O) groups is 2. The number of amides is 1. The van der Waals surface area contributed by atoms with Crippen molar-refractivity contribution in [2.45, 2.75) is 31.7 Å². The van der Waals surface area contributed by atoms with E-state index in [9.17, 15) is 19.1 Å². The van der Waals surface area contributed by atoms with Gasteiger partial charge in [0.15, 0.2) is 0 Å². The molecule has 2 aromatic rings. The van der Waals surface area contributed by atoms with Gasteiger partial charge in [-0.25, -0.2) is 4.39 Å². The summed E-state index contributed by atoms with van der Waals surface area (Å²) in [5.41, 5.74) is 4.03. The van der Waals surface area contributed by atoms with Gasteiger partial charge in [0.1, 0.15) is 24.2 Å². The van der Waals surface area contributed by atoms with Gasteiger partial charge in [0, 0.05) is 41.9 Å². The number of β-amino-alcohol motifs (C(OH)–C–C–N with tert-alkyl or cyclic N) is 1. The summed E-state index contributed by atoms with van der Waals surface area (Å²) in [4.78, 5) is 26.5. The molecule has 3 aliphatic heterocycles. The zero-order chi connectivity index (χ0) is 21.7. The van der Waals surface area contributed by atoms with Gasteiger partial charge in [-0.05, 0) is 23.8 Å². The Labute approximate surface area is 178 Å². The zero-order valence-corrected chi connectivity index (χ0v) is 16.9. The Kier molecular flexibility index (Phi) is 4.75.